The summed E-state index contributed by atoms with van der Waals surface area (Å²) in [6.07, 6.45) is -4.38. The van der Waals surface area contributed by atoms with Crippen LogP contribution in [0.5, 0.6) is 0 Å². The Bertz CT molecular complexity index is 577. The highest BCUT2D eigenvalue weighted by Gasteiger charge is 2.31. The summed E-state index contributed by atoms with van der Waals surface area (Å²) in [5.74, 6) is 0.189. The molecule has 0 fully saturated rings. The predicted molar refractivity (Wildman–Crippen MR) is 65.6 cm³/mol. The van der Waals surface area contributed by atoms with Crippen LogP contribution in [-0.4, -0.2) is 22.8 Å². The normalized spacial score (nSPS) is 12.2. The number of fused-ring (bicyclic) bond motifs is 1. The van der Waals surface area contributed by atoms with Gasteiger partial charge in [0.25, 0.3) is 0 Å². The van der Waals surface area contributed by atoms with Gasteiger partial charge in [-0.1, -0.05) is 0 Å². The second kappa shape index (κ2) is 5.08. The summed E-state index contributed by atoms with van der Waals surface area (Å²) in [6.45, 7) is 3.34. The lowest BCUT2D eigenvalue weighted by Gasteiger charge is -2.08. The summed E-state index contributed by atoms with van der Waals surface area (Å²) in [5.41, 5.74) is 5.80. The number of hydrogen-bond donors (Lipinski definition) is 1. The third-order valence-electron chi connectivity index (χ3n) is 2.77. The van der Waals surface area contributed by atoms with Crippen molar-refractivity contribution in [2.45, 2.75) is 19.6 Å². The highest BCUT2D eigenvalue weighted by Crippen LogP contribution is 2.31. The van der Waals surface area contributed by atoms with Crippen molar-refractivity contribution >= 4 is 17.0 Å². The smallest absolute Gasteiger partial charge is 0.380 e. The fourth-order valence-corrected chi connectivity index (χ4v) is 1.86. The zero-order valence-corrected chi connectivity index (χ0v) is 10.4. The molecule has 7 heteroatoms. The Morgan fingerprint density at radius 1 is 1.37 bits per heavy atom. The van der Waals surface area contributed by atoms with E-state index in [9.17, 15) is 13.2 Å². The van der Waals surface area contributed by atoms with Gasteiger partial charge in [0.2, 0.25) is 5.95 Å². The molecule has 2 N–H and O–H groups in total. The molecule has 0 saturated heterocycles. The van der Waals surface area contributed by atoms with E-state index >= 15 is 0 Å². The van der Waals surface area contributed by atoms with E-state index < -0.39 is 11.7 Å². The molecule has 0 saturated carbocycles. The van der Waals surface area contributed by atoms with Gasteiger partial charge in [-0.2, -0.15) is 13.2 Å². The average Bonchev–Trinajstić information content (AvgIpc) is 2.64. The van der Waals surface area contributed by atoms with Crippen LogP contribution in [0.2, 0.25) is 0 Å². The fourth-order valence-electron chi connectivity index (χ4n) is 1.86. The van der Waals surface area contributed by atoms with E-state index in [-0.39, 0.29) is 11.5 Å². The molecule has 0 bridgehead atoms. The van der Waals surface area contributed by atoms with Crippen molar-refractivity contribution in [3.63, 3.8) is 0 Å². The summed E-state index contributed by atoms with van der Waals surface area (Å²) in [5, 5.41) is 0. The highest BCUT2D eigenvalue weighted by atomic mass is 19.4. The van der Waals surface area contributed by atoms with Crippen molar-refractivity contribution in [1.82, 2.24) is 9.55 Å². The molecule has 0 aliphatic heterocycles. The molecule has 1 aromatic carbocycles. The molecule has 19 heavy (non-hydrogen) atoms. The zero-order chi connectivity index (χ0) is 14.0. The largest absolute Gasteiger partial charge is 0.416 e. The predicted octanol–water partition coefficient (Wildman–Crippen LogP) is 2.67. The number of nitrogen functional groups attached to an aromatic ring is 1. The highest BCUT2D eigenvalue weighted by molar-refractivity contribution is 5.79. The first-order valence-corrected chi connectivity index (χ1v) is 5.84. The zero-order valence-electron chi connectivity index (χ0n) is 10.4. The van der Waals surface area contributed by atoms with Crippen molar-refractivity contribution in [2.24, 2.45) is 0 Å². The van der Waals surface area contributed by atoms with Crippen molar-refractivity contribution in [2.75, 3.05) is 18.9 Å². The van der Waals surface area contributed by atoms with Crippen LogP contribution < -0.4 is 5.73 Å². The molecule has 104 valence electrons. The van der Waals surface area contributed by atoms with Crippen LogP contribution in [0.3, 0.4) is 0 Å². The average molecular weight is 273 g/mol. The number of rotatable bonds is 4. The lowest BCUT2D eigenvalue weighted by atomic mass is 10.2. The van der Waals surface area contributed by atoms with E-state index in [1.807, 2.05) is 6.92 Å². The summed E-state index contributed by atoms with van der Waals surface area (Å²) >= 11 is 0. The maximum absolute atomic E-state index is 12.6. The van der Waals surface area contributed by atoms with Gasteiger partial charge in [-0.15, -0.1) is 0 Å². The molecule has 0 spiro atoms. The van der Waals surface area contributed by atoms with E-state index in [1.54, 1.807) is 4.57 Å². The van der Waals surface area contributed by atoms with Gasteiger partial charge in [0.1, 0.15) is 0 Å². The van der Waals surface area contributed by atoms with Gasteiger partial charge in [-0.25, -0.2) is 4.98 Å². The fraction of sp³-hybridized carbons (Fsp3) is 0.417. The first-order chi connectivity index (χ1) is 8.93. The summed E-state index contributed by atoms with van der Waals surface area (Å²) in [7, 11) is 0. The minimum Gasteiger partial charge on any atom is -0.380 e. The van der Waals surface area contributed by atoms with E-state index in [0.29, 0.717) is 25.3 Å². The molecule has 0 amide bonds. The first-order valence-electron chi connectivity index (χ1n) is 5.84. The van der Waals surface area contributed by atoms with E-state index in [2.05, 4.69) is 4.98 Å². The SMILES string of the molecule is CCOCCn1c(N)nc2cc(C(F)(F)F)ccc21. The maximum Gasteiger partial charge on any atom is 0.416 e. The molecule has 0 aliphatic carbocycles. The van der Waals surface area contributed by atoms with Crippen LogP contribution in [0.4, 0.5) is 19.1 Å². The number of imidazole rings is 1. The molecule has 1 heterocycles. The van der Waals surface area contributed by atoms with Crippen molar-refractivity contribution in [3.05, 3.63) is 23.8 Å². The molecule has 0 atom stereocenters. The number of nitrogens with two attached hydrogens (primary N) is 1. The summed E-state index contributed by atoms with van der Waals surface area (Å²) < 4.78 is 44.6. The van der Waals surface area contributed by atoms with Gasteiger partial charge in [-0.05, 0) is 25.1 Å². The van der Waals surface area contributed by atoms with Gasteiger partial charge >= 0.3 is 6.18 Å². The summed E-state index contributed by atoms with van der Waals surface area (Å²) in [6, 6.07) is 3.41. The second-order valence-corrected chi connectivity index (χ2v) is 4.02. The Kier molecular flexibility index (Phi) is 3.66. The van der Waals surface area contributed by atoms with Crippen LogP contribution in [0.1, 0.15) is 12.5 Å². The van der Waals surface area contributed by atoms with Gasteiger partial charge in [0.15, 0.2) is 0 Å². The number of anilines is 1. The standard InChI is InChI=1S/C12H14F3N3O/c1-2-19-6-5-18-10-4-3-8(12(13,14)15)7-9(10)17-11(18)16/h3-4,7H,2,5-6H2,1H3,(H2,16,17). The molecule has 4 nitrogen and oxygen atoms in total. The molecule has 0 aliphatic rings. The Morgan fingerprint density at radius 2 is 2.11 bits per heavy atom. The Hall–Kier alpha value is -1.76. The number of hydrogen-bond acceptors (Lipinski definition) is 3. The molecule has 0 radical (unpaired) electrons. The third-order valence-corrected chi connectivity index (χ3v) is 2.77. The van der Waals surface area contributed by atoms with Crippen molar-refractivity contribution in [1.29, 1.82) is 0 Å². The van der Waals surface area contributed by atoms with E-state index in [4.69, 9.17) is 10.5 Å². The van der Waals surface area contributed by atoms with Gasteiger partial charge in [0, 0.05) is 13.2 Å². The number of aromatic nitrogens is 2. The molecule has 1 aromatic heterocycles. The number of nitrogens with zero attached hydrogens (tertiary/aromatic N) is 2. The Balaban J connectivity index is 2.37. The number of halogens is 3. The van der Waals surface area contributed by atoms with Crippen LogP contribution in [-0.2, 0) is 17.5 Å². The van der Waals surface area contributed by atoms with Gasteiger partial charge in [-0.3, -0.25) is 0 Å². The monoisotopic (exact) mass is 273 g/mol. The Labute approximate surface area is 108 Å². The van der Waals surface area contributed by atoms with Crippen LogP contribution in [0.15, 0.2) is 18.2 Å². The summed E-state index contributed by atoms with van der Waals surface area (Å²) in [4.78, 5) is 3.95. The van der Waals surface area contributed by atoms with E-state index in [1.165, 1.54) is 6.07 Å². The topological polar surface area (TPSA) is 53.1 Å². The molecular formula is C12H14F3N3O. The molecule has 2 aromatic rings. The number of alkyl halides is 3. The second-order valence-electron chi connectivity index (χ2n) is 4.02. The number of benzene rings is 1. The van der Waals surface area contributed by atoms with Crippen LogP contribution in [0.25, 0.3) is 11.0 Å². The quantitative estimate of drug-likeness (QED) is 0.871. The van der Waals surface area contributed by atoms with E-state index in [0.717, 1.165) is 12.1 Å². The van der Waals surface area contributed by atoms with Gasteiger partial charge < -0.3 is 15.0 Å². The lowest BCUT2D eigenvalue weighted by Crippen LogP contribution is -2.09. The Morgan fingerprint density at radius 3 is 2.74 bits per heavy atom. The minimum atomic E-state index is -4.38. The minimum absolute atomic E-state index is 0.189. The van der Waals surface area contributed by atoms with Crippen molar-refractivity contribution in [3.8, 4) is 0 Å². The molecular weight excluding hydrogens is 259 g/mol. The molecule has 0 unspecified atom stereocenters. The maximum atomic E-state index is 12.6. The van der Waals surface area contributed by atoms with Gasteiger partial charge in [0.05, 0.1) is 23.2 Å². The third kappa shape index (κ3) is 2.81. The first kappa shape index (κ1) is 13.7. The van der Waals surface area contributed by atoms with Crippen LogP contribution in [0, 0.1) is 0 Å². The molecule has 2 rings (SSSR count). The van der Waals surface area contributed by atoms with Crippen molar-refractivity contribution < 1.29 is 17.9 Å². The lowest BCUT2D eigenvalue weighted by molar-refractivity contribution is -0.137. The number of ether oxygens (including phenoxy) is 1. The van der Waals surface area contributed by atoms with Crippen LogP contribution >= 0.6 is 0 Å².